The van der Waals surface area contributed by atoms with Crippen LogP contribution in [0.2, 0.25) is 0 Å². The lowest BCUT2D eigenvalue weighted by Crippen LogP contribution is -2.32. The Balaban J connectivity index is 2.01. The van der Waals surface area contributed by atoms with Gasteiger partial charge in [-0.05, 0) is 46.3 Å². The van der Waals surface area contributed by atoms with Gasteiger partial charge in [-0.3, -0.25) is 4.79 Å². The molecule has 0 spiro atoms. The van der Waals surface area contributed by atoms with Crippen LogP contribution in [-0.2, 0) is 11.2 Å². The first-order valence-electron chi connectivity index (χ1n) is 6.73. The topological polar surface area (TPSA) is 37.3 Å². The van der Waals surface area contributed by atoms with Crippen LogP contribution in [0.1, 0.15) is 37.7 Å². The van der Waals surface area contributed by atoms with Crippen molar-refractivity contribution in [1.82, 2.24) is 0 Å². The van der Waals surface area contributed by atoms with E-state index in [1.807, 2.05) is 0 Å². The van der Waals surface area contributed by atoms with E-state index in [0.717, 1.165) is 25.7 Å². The predicted molar refractivity (Wildman–Crippen MR) is 75.4 cm³/mol. The highest BCUT2D eigenvalue weighted by Crippen LogP contribution is 2.28. The third-order valence-electron chi connectivity index (χ3n) is 3.82. The van der Waals surface area contributed by atoms with Crippen molar-refractivity contribution in [3.63, 3.8) is 0 Å². The van der Waals surface area contributed by atoms with Crippen molar-refractivity contribution < 1.29 is 14.3 Å². The Labute approximate surface area is 121 Å². The zero-order chi connectivity index (χ0) is 13.8. The van der Waals surface area contributed by atoms with Gasteiger partial charge in [0.25, 0.3) is 0 Å². The maximum absolute atomic E-state index is 13.4. The molecular weight excluding hydrogens is 311 g/mol. The van der Waals surface area contributed by atoms with E-state index < -0.39 is 6.10 Å². The molecule has 2 rings (SSSR count). The highest BCUT2D eigenvalue weighted by atomic mass is 79.9. The van der Waals surface area contributed by atoms with Crippen LogP contribution < -0.4 is 0 Å². The monoisotopic (exact) mass is 328 g/mol. The fraction of sp³-hybridized carbons (Fsp3) is 0.533. The fourth-order valence-electron chi connectivity index (χ4n) is 2.69. The summed E-state index contributed by atoms with van der Waals surface area (Å²) in [6, 6.07) is 4.63. The molecule has 0 heterocycles. The van der Waals surface area contributed by atoms with Gasteiger partial charge < -0.3 is 5.11 Å². The van der Waals surface area contributed by atoms with Gasteiger partial charge >= 0.3 is 0 Å². The lowest BCUT2D eigenvalue weighted by atomic mass is 9.83. The Morgan fingerprint density at radius 1 is 1.37 bits per heavy atom. The largest absolute Gasteiger partial charge is 0.385 e. The summed E-state index contributed by atoms with van der Waals surface area (Å²) in [6.07, 6.45) is 4.35. The Morgan fingerprint density at radius 2 is 2.05 bits per heavy atom. The smallest absolute Gasteiger partial charge is 0.165 e. The molecule has 0 radical (unpaired) electrons. The first-order chi connectivity index (χ1) is 9.09. The molecule has 4 heteroatoms. The molecule has 1 aromatic carbocycles. The summed E-state index contributed by atoms with van der Waals surface area (Å²) >= 11 is 3.14. The highest BCUT2D eigenvalue weighted by molar-refractivity contribution is 9.10. The number of Topliss-reactive ketones (excluding diaryl/α,β-unsaturated/α-hetero) is 1. The molecular formula is C15H18BrFO2. The molecule has 104 valence electrons. The van der Waals surface area contributed by atoms with Crippen molar-refractivity contribution >= 4 is 21.7 Å². The third kappa shape index (κ3) is 3.63. The second-order valence-corrected chi connectivity index (χ2v) is 5.99. The minimum atomic E-state index is -0.907. The number of ketones is 1. The van der Waals surface area contributed by atoms with Gasteiger partial charge in [-0.1, -0.05) is 31.4 Å². The first kappa shape index (κ1) is 14.7. The van der Waals surface area contributed by atoms with E-state index in [4.69, 9.17) is 0 Å². The van der Waals surface area contributed by atoms with Gasteiger partial charge in [0.2, 0.25) is 0 Å². The van der Waals surface area contributed by atoms with Gasteiger partial charge in [0.15, 0.2) is 5.78 Å². The number of carbonyl (C=O) groups is 1. The molecule has 0 aliphatic heterocycles. The summed E-state index contributed by atoms with van der Waals surface area (Å²) in [5.41, 5.74) is 0.597. The Hall–Kier alpha value is -0.740. The van der Waals surface area contributed by atoms with Crippen LogP contribution in [0, 0.1) is 11.7 Å². The van der Waals surface area contributed by atoms with Crippen LogP contribution in [-0.4, -0.2) is 17.0 Å². The van der Waals surface area contributed by atoms with Crippen molar-refractivity contribution in [2.45, 2.75) is 44.6 Å². The number of aliphatic hydroxyl groups is 1. The van der Waals surface area contributed by atoms with Crippen molar-refractivity contribution in [2.75, 3.05) is 0 Å². The summed E-state index contributed by atoms with van der Waals surface area (Å²) in [5, 5.41) is 10.1. The number of aliphatic hydroxyl groups excluding tert-OH is 1. The molecule has 1 aromatic rings. The summed E-state index contributed by atoms with van der Waals surface area (Å²) in [6.45, 7) is 0. The summed E-state index contributed by atoms with van der Waals surface area (Å²) in [4.78, 5) is 12.1. The predicted octanol–water partition coefficient (Wildman–Crippen LogP) is 3.64. The van der Waals surface area contributed by atoms with Crippen molar-refractivity contribution in [3.05, 3.63) is 34.1 Å². The van der Waals surface area contributed by atoms with E-state index in [0.29, 0.717) is 10.0 Å². The normalized spacial score (nSPS) is 18.3. The number of benzene rings is 1. The molecule has 2 nitrogen and oxygen atoms in total. The van der Waals surface area contributed by atoms with Gasteiger partial charge in [-0.25, -0.2) is 4.39 Å². The number of hydrogen-bond donors (Lipinski definition) is 1. The number of rotatable bonds is 4. The second-order valence-electron chi connectivity index (χ2n) is 5.20. The van der Waals surface area contributed by atoms with Gasteiger partial charge in [-0.2, -0.15) is 0 Å². The van der Waals surface area contributed by atoms with Gasteiger partial charge in [-0.15, -0.1) is 0 Å². The minimum absolute atomic E-state index is 0.0774. The first-order valence-corrected chi connectivity index (χ1v) is 7.52. The Bertz CT molecular complexity index is 455. The molecule has 0 bridgehead atoms. The van der Waals surface area contributed by atoms with Gasteiger partial charge in [0.1, 0.15) is 11.9 Å². The van der Waals surface area contributed by atoms with Crippen LogP contribution in [0.3, 0.4) is 0 Å². The maximum atomic E-state index is 13.4. The molecule has 0 amide bonds. The maximum Gasteiger partial charge on any atom is 0.165 e. The van der Waals surface area contributed by atoms with Crippen LogP contribution in [0.25, 0.3) is 0 Å². The SMILES string of the molecule is O=C(Cc1cccc(F)c1Br)C(O)C1CCCCC1. The number of carbonyl (C=O) groups excluding carboxylic acids is 1. The van der Waals surface area contributed by atoms with Gasteiger partial charge in [0.05, 0.1) is 4.47 Å². The fourth-order valence-corrected chi connectivity index (χ4v) is 3.09. The van der Waals surface area contributed by atoms with Crippen LogP contribution in [0.4, 0.5) is 4.39 Å². The summed E-state index contributed by atoms with van der Waals surface area (Å²) in [7, 11) is 0. The molecule has 1 aliphatic rings. The molecule has 19 heavy (non-hydrogen) atoms. The molecule has 1 saturated carbocycles. The molecule has 0 saturated heterocycles. The minimum Gasteiger partial charge on any atom is -0.385 e. The van der Waals surface area contributed by atoms with Crippen LogP contribution in [0.5, 0.6) is 0 Å². The molecule has 1 unspecified atom stereocenters. The van der Waals surface area contributed by atoms with E-state index in [9.17, 15) is 14.3 Å². The van der Waals surface area contributed by atoms with E-state index in [-0.39, 0.29) is 23.9 Å². The quantitative estimate of drug-likeness (QED) is 0.916. The van der Waals surface area contributed by atoms with Crippen LogP contribution in [0.15, 0.2) is 22.7 Å². The number of hydrogen-bond acceptors (Lipinski definition) is 2. The average Bonchev–Trinajstić information content (AvgIpc) is 2.44. The van der Waals surface area contributed by atoms with E-state index >= 15 is 0 Å². The molecule has 1 fully saturated rings. The average molecular weight is 329 g/mol. The van der Waals surface area contributed by atoms with Crippen molar-refractivity contribution in [2.24, 2.45) is 5.92 Å². The third-order valence-corrected chi connectivity index (χ3v) is 4.71. The molecule has 0 aromatic heterocycles. The van der Waals surface area contributed by atoms with Gasteiger partial charge in [0, 0.05) is 6.42 Å². The summed E-state index contributed by atoms with van der Waals surface area (Å²) < 4.78 is 13.7. The lowest BCUT2D eigenvalue weighted by molar-refractivity contribution is -0.129. The van der Waals surface area contributed by atoms with Crippen LogP contribution >= 0.6 is 15.9 Å². The summed E-state index contributed by atoms with van der Waals surface area (Å²) in [5.74, 6) is -0.510. The van der Waals surface area contributed by atoms with E-state index in [1.54, 1.807) is 12.1 Å². The molecule has 1 N–H and O–H groups in total. The van der Waals surface area contributed by atoms with Crippen molar-refractivity contribution in [3.8, 4) is 0 Å². The van der Waals surface area contributed by atoms with Crippen molar-refractivity contribution in [1.29, 1.82) is 0 Å². The zero-order valence-electron chi connectivity index (χ0n) is 10.7. The van der Waals surface area contributed by atoms with E-state index in [1.165, 1.54) is 12.5 Å². The molecule has 1 aliphatic carbocycles. The molecule has 1 atom stereocenters. The standard InChI is InChI=1S/C15H18BrFO2/c16-14-11(7-4-8-12(14)17)9-13(18)15(19)10-5-2-1-3-6-10/h4,7-8,10,15,19H,1-3,5-6,9H2. The lowest BCUT2D eigenvalue weighted by Gasteiger charge is -2.25. The zero-order valence-corrected chi connectivity index (χ0v) is 12.3. The number of halogens is 2. The second kappa shape index (κ2) is 6.62. The Morgan fingerprint density at radius 3 is 2.74 bits per heavy atom. The highest BCUT2D eigenvalue weighted by Gasteiger charge is 2.27. The van der Waals surface area contributed by atoms with E-state index in [2.05, 4.69) is 15.9 Å². The Kier molecular flexibility index (Phi) is 5.11.